The Balaban J connectivity index is 1.76. The highest BCUT2D eigenvalue weighted by atomic mass is 35.5. The van der Waals surface area contributed by atoms with Crippen LogP contribution in [0.1, 0.15) is 12.0 Å². The second-order valence-electron chi connectivity index (χ2n) is 5.08. The number of benzene rings is 2. The van der Waals surface area contributed by atoms with Gasteiger partial charge in [-0.05, 0) is 42.3 Å². The molecular formula is C17H15Cl2FN2O2. The van der Waals surface area contributed by atoms with Crippen molar-refractivity contribution >= 4 is 40.7 Å². The number of carbonyl (C=O) groups is 2. The lowest BCUT2D eigenvalue weighted by molar-refractivity contribution is -0.126. The Bertz CT molecular complexity index is 736. The van der Waals surface area contributed by atoms with E-state index >= 15 is 0 Å². The summed E-state index contributed by atoms with van der Waals surface area (Å²) >= 11 is 11.8. The SMILES string of the molecule is O=C(CC(=O)Nc1cc(Cl)ccc1Cl)NCCc1ccc(F)cc1. The monoisotopic (exact) mass is 368 g/mol. The van der Waals surface area contributed by atoms with E-state index in [0.717, 1.165) is 5.56 Å². The number of amides is 2. The maximum absolute atomic E-state index is 12.8. The molecule has 2 aromatic carbocycles. The number of carbonyl (C=O) groups excluding carboxylic acids is 2. The average molecular weight is 369 g/mol. The first-order valence-electron chi connectivity index (χ1n) is 7.20. The number of halogens is 3. The maximum atomic E-state index is 12.8. The minimum atomic E-state index is -0.488. The molecule has 0 aliphatic rings. The Labute approximate surface area is 149 Å². The van der Waals surface area contributed by atoms with Gasteiger partial charge in [0, 0.05) is 11.6 Å². The third kappa shape index (κ3) is 5.83. The van der Waals surface area contributed by atoms with Gasteiger partial charge in [0.1, 0.15) is 12.2 Å². The fourth-order valence-corrected chi connectivity index (χ4v) is 2.33. The van der Waals surface area contributed by atoms with E-state index in [4.69, 9.17) is 23.2 Å². The number of hydrogen-bond acceptors (Lipinski definition) is 2. The summed E-state index contributed by atoms with van der Waals surface area (Å²) in [4.78, 5) is 23.6. The summed E-state index contributed by atoms with van der Waals surface area (Å²) in [6.45, 7) is 0.357. The molecule has 0 radical (unpaired) electrons. The van der Waals surface area contributed by atoms with Gasteiger partial charge in [0.15, 0.2) is 0 Å². The normalized spacial score (nSPS) is 10.3. The molecule has 0 aliphatic heterocycles. The van der Waals surface area contributed by atoms with Gasteiger partial charge in [-0.25, -0.2) is 4.39 Å². The van der Waals surface area contributed by atoms with Gasteiger partial charge in [-0.15, -0.1) is 0 Å². The van der Waals surface area contributed by atoms with Crippen molar-refractivity contribution in [1.82, 2.24) is 5.32 Å². The van der Waals surface area contributed by atoms with E-state index in [-0.39, 0.29) is 12.2 Å². The topological polar surface area (TPSA) is 58.2 Å². The lowest BCUT2D eigenvalue weighted by Crippen LogP contribution is -2.29. The van der Waals surface area contributed by atoms with Crippen LogP contribution in [0.4, 0.5) is 10.1 Å². The Morgan fingerprint density at radius 1 is 1.00 bits per heavy atom. The van der Waals surface area contributed by atoms with E-state index in [1.165, 1.54) is 18.2 Å². The Kier molecular flexibility index (Phi) is 6.58. The smallest absolute Gasteiger partial charge is 0.233 e. The molecule has 126 valence electrons. The number of hydrogen-bond donors (Lipinski definition) is 2. The second kappa shape index (κ2) is 8.66. The van der Waals surface area contributed by atoms with Crippen LogP contribution < -0.4 is 10.6 Å². The molecule has 0 fully saturated rings. The molecular weight excluding hydrogens is 354 g/mol. The van der Waals surface area contributed by atoms with Crippen LogP contribution in [0, 0.1) is 5.82 Å². The highest BCUT2D eigenvalue weighted by Crippen LogP contribution is 2.25. The van der Waals surface area contributed by atoms with Crippen molar-refractivity contribution in [2.75, 3.05) is 11.9 Å². The Hall–Kier alpha value is -2.11. The standard InChI is InChI=1S/C17H15Cl2FN2O2/c18-12-3-6-14(19)15(9-12)22-17(24)10-16(23)21-8-7-11-1-4-13(20)5-2-11/h1-6,9H,7-8,10H2,(H,21,23)(H,22,24). The molecule has 0 saturated carbocycles. The molecule has 24 heavy (non-hydrogen) atoms. The number of anilines is 1. The highest BCUT2D eigenvalue weighted by molar-refractivity contribution is 6.35. The molecule has 0 aromatic heterocycles. The van der Waals surface area contributed by atoms with Gasteiger partial charge in [0.2, 0.25) is 11.8 Å². The van der Waals surface area contributed by atoms with Crippen molar-refractivity contribution < 1.29 is 14.0 Å². The van der Waals surface area contributed by atoms with E-state index in [1.54, 1.807) is 24.3 Å². The second-order valence-corrected chi connectivity index (χ2v) is 5.92. The van der Waals surface area contributed by atoms with Crippen LogP contribution in [0.5, 0.6) is 0 Å². The molecule has 2 aromatic rings. The third-order valence-electron chi connectivity index (χ3n) is 3.17. The van der Waals surface area contributed by atoms with E-state index in [9.17, 15) is 14.0 Å². The summed E-state index contributed by atoms with van der Waals surface area (Å²) in [6.07, 6.45) is 0.222. The summed E-state index contributed by atoms with van der Waals surface area (Å²) in [5, 5.41) is 5.94. The van der Waals surface area contributed by atoms with Crippen molar-refractivity contribution in [2.45, 2.75) is 12.8 Å². The molecule has 0 unspecified atom stereocenters. The first-order valence-corrected chi connectivity index (χ1v) is 7.95. The highest BCUT2D eigenvalue weighted by Gasteiger charge is 2.11. The van der Waals surface area contributed by atoms with Crippen LogP contribution in [-0.2, 0) is 16.0 Å². The van der Waals surface area contributed by atoms with Gasteiger partial charge in [-0.3, -0.25) is 9.59 Å². The van der Waals surface area contributed by atoms with Gasteiger partial charge >= 0.3 is 0 Å². The van der Waals surface area contributed by atoms with Crippen LogP contribution in [0.25, 0.3) is 0 Å². The molecule has 2 N–H and O–H groups in total. The van der Waals surface area contributed by atoms with Crippen LogP contribution in [0.2, 0.25) is 10.0 Å². The van der Waals surface area contributed by atoms with Crippen LogP contribution in [-0.4, -0.2) is 18.4 Å². The van der Waals surface area contributed by atoms with E-state index in [1.807, 2.05) is 0 Å². The van der Waals surface area contributed by atoms with Gasteiger partial charge in [0.25, 0.3) is 0 Å². The van der Waals surface area contributed by atoms with Gasteiger partial charge in [-0.2, -0.15) is 0 Å². The Morgan fingerprint density at radius 2 is 1.71 bits per heavy atom. The van der Waals surface area contributed by atoms with Crippen molar-refractivity contribution in [2.24, 2.45) is 0 Å². The minimum absolute atomic E-state index is 0.306. The van der Waals surface area contributed by atoms with Crippen molar-refractivity contribution in [3.8, 4) is 0 Å². The predicted molar refractivity (Wildman–Crippen MR) is 92.8 cm³/mol. The van der Waals surface area contributed by atoms with E-state index in [2.05, 4.69) is 10.6 Å². The first-order chi connectivity index (χ1) is 11.4. The molecule has 0 bridgehead atoms. The fourth-order valence-electron chi connectivity index (χ4n) is 1.99. The lowest BCUT2D eigenvalue weighted by Gasteiger charge is -2.08. The van der Waals surface area contributed by atoms with Gasteiger partial charge in [0.05, 0.1) is 10.7 Å². The molecule has 0 atom stereocenters. The molecule has 7 heteroatoms. The largest absolute Gasteiger partial charge is 0.355 e. The molecule has 2 rings (SSSR count). The maximum Gasteiger partial charge on any atom is 0.233 e. The molecule has 0 spiro atoms. The zero-order valence-electron chi connectivity index (χ0n) is 12.6. The molecule has 4 nitrogen and oxygen atoms in total. The number of nitrogens with one attached hydrogen (secondary N) is 2. The molecule has 2 amide bonds. The van der Waals surface area contributed by atoms with Crippen LogP contribution >= 0.6 is 23.2 Å². The number of rotatable bonds is 6. The summed E-state index contributed by atoms with van der Waals surface area (Å²) < 4.78 is 12.8. The third-order valence-corrected chi connectivity index (χ3v) is 3.74. The van der Waals surface area contributed by atoms with Crippen LogP contribution in [0.15, 0.2) is 42.5 Å². The fraction of sp³-hybridized carbons (Fsp3) is 0.176. The van der Waals surface area contributed by atoms with Gasteiger partial charge in [-0.1, -0.05) is 35.3 Å². The molecule has 0 saturated heterocycles. The average Bonchev–Trinajstić information content (AvgIpc) is 2.53. The molecule has 0 heterocycles. The van der Waals surface area contributed by atoms with Crippen molar-refractivity contribution in [3.05, 3.63) is 63.9 Å². The molecule has 0 aliphatic carbocycles. The van der Waals surface area contributed by atoms with Crippen molar-refractivity contribution in [3.63, 3.8) is 0 Å². The Morgan fingerprint density at radius 3 is 2.42 bits per heavy atom. The van der Waals surface area contributed by atoms with E-state index in [0.29, 0.717) is 28.7 Å². The zero-order valence-corrected chi connectivity index (χ0v) is 14.1. The zero-order chi connectivity index (χ0) is 17.5. The first kappa shape index (κ1) is 18.2. The van der Waals surface area contributed by atoms with E-state index < -0.39 is 11.8 Å². The summed E-state index contributed by atoms with van der Waals surface area (Å²) in [6, 6.07) is 10.7. The lowest BCUT2D eigenvalue weighted by atomic mass is 10.1. The minimum Gasteiger partial charge on any atom is -0.355 e. The van der Waals surface area contributed by atoms with Crippen molar-refractivity contribution in [1.29, 1.82) is 0 Å². The summed E-state index contributed by atoms with van der Waals surface area (Å²) in [5.74, 6) is -1.20. The van der Waals surface area contributed by atoms with Crippen LogP contribution in [0.3, 0.4) is 0 Å². The summed E-state index contributed by atoms with van der Waals surface area (Å²) in [5.41, 5.74) is 1.25. The van der Waals surface area contributed by atoms with Gasteiger partial charge < -0.3 is 10.6 Å². The predicted octanol–water partition coefficient (Wildman–Crippen LogP) is 3.82. The quantitative estimate of drug-likeness (QED) is 0.761. The summed E-state index contributed by atoms with van der Waals surface area (Å²) in [7, 11) is 0.